The molecule has 0 spiro atoms. The Labute approximate surface area is 247 Å². The fourth-order valence-corrected chi connectivity index (χ4v) is 5.66. The van der Waals surface area contributed by atoms with Crippen molar-refractivity contribution in [3.63, 3.8) is 0 Å². The van der Waals surface area contributed by atoms with Gasteiger partial charge in [-0.2, -0.15) is 0 Å². The molecule has 1 N–H and O–H groups in total. The van der Waals surface area contributed by atoms with Crippen LogP contribution in [-0.2, 0) is 16.0 Å². The van der Waals surface area contributed by atoms with Crippen LogP contribution in [0.2, 0.25) is 0 Å². The molecule has 8 nitrogen and oxygen atoms in total. The number of likely N-dealkylation sites (tertiary alicyclic amines) is 1. The molecule has 0 saturated carbocycles. The highest BCUT2D eigenvalue weighted by Crippen LogP contribution is 2.31. The van der Waals surface area contributed by atoms with Crippen LogP contribution < -0.4 is 14.8 Å². The Hall–Kier alpha value is -4.30. The fraction of sp³-hybridized carbons (Fsp3) is 0.353. The van der Waals surface area contributed by atoms with Gasteiger partial charge < -0.3 is 29.3 Å². The van der Waals surface area contributed by atoms with Crippen molar-refractivity contribution in [1.29, 1.82) is 0 Å². The van der Waals surface area contributed by atoms with Crippen molar-refractivity contribution in [3.05, 3.63) is 107 Å². The Balaban J connectivity index is 1.11. The van der Waals surface area contributed by atoms with Gasteiger partial charge in [-0.05, 0) is 73.7 Å². The third kappa shape index (κ3) is 7.50. The number of nitrogens with zero attached hydrogens (tertiary/aromatic N) is 2. The molecular weight excluding hydrogens is 530 g/mol. The number of ether oxygens (including phenoxy) is 3. The maximum Gasteiger partial charge on any atom is 0.251 e. The molecule has 0 aromatic heterocycles. The van der Waals surface area contributed by atoms with E-state index in [2.05, 4.69) is 21.2 Å². The first kappa shape index (κ1) is 29.2. The van der Waals surface area contributed by atoms with E-state index in [1.807, 2.05) is 54.9 Å². The van der Waals surface area contributed by atoms with Gasteiger partial charge in [0.05, 0.1) is 14.2 Å². The van der Waals surface area contributed by atoms with Gasteiger partial charge in [-0.15, -0.1) is 0 Å². The summed E-state index contributed by atoms with van der Waals surface area (Å²) in [5, 5.41) is 3.11. The van der Waals surface area contributed by atoms with Crippen LogP contribution in [0.1, 0.15) is 46.7 Å². The first-order valence-electron chi connectivity index (χ1n) is 14.5. The number of amides is 1. The van der Waals surface area contributed by atoms with Gasteiger partial charge in [-0.25, -0.2) is 0 Å². The lowest BCUT2D eigenvalue weighted by molar-refractivity contribution is -0.114. The molecule has 8 heteroatoms. The number of nitrogens with one attached hydrogen (secondary N) is 1. The molecule has 2 aliphatic heterocycles. The maximum atomic E-state index is 13.2. The van der Waals surface area contributed by atoms with Crippen molar-refractivity contribution in [2.24, 2.45) is 0 Å². The van der Waals surface area contributed by atoms with E-state index in [1.165, 1.54) is 0 Å². The zero-order valence-electron chi connectivity index (χ0n) is 24.4. The zero-order valence-corrected chi connectivity index (χ0v) is 24.4. The standard InChI is InChI=1S/C34H39N3O5/c1-40-29-20-25(21-30(23-29)41-2)10-13-35-34(39)32-9-4-3-8-31(32)26-11-14-36(15-12-26)16-17-37-18-19-42-33(24-37)27-6-5-7-28(38)22-27/h3-9,18-21,23-24,26H,10-17,22H2,1-2H3,(H,35,39). The molecule has 42 heavy (non-hydrogen) atoms. The van der Waals surface area contributed by atoms with E-state index < -0.39 is 0 Å². The van der Waals surface area contributed by atoms with Gasteiger partial charge in [-0.3, -0.25) is 9.59 Å². The lowest BCUT2D eigenvalue weighted by Crippen LogP contribution is -2.38. The number of carbonyl (C=O) groups excluding carboxylic acids is 2. The number of carbonyl (C=O) groups is 2. The molecule has 3 aliphatic rings. The molecule has 2 aromatic carbocycles. The predicted octanol–water partition coefficient (Wildman–Crippen LogP) is 4.96. The first-order chi connectivity index (χ1) is 20.5. The van der Waals surface area contributed by atoms with Gasteiger partial charge >= 0.3 is 0 Å². The van der Waals surface area contributed by atoms with E-state index >= 15 is 0 Å². The topological polar surface area (TPSA) is 80.3 Å². The van der Waals surface area contributed by atoms with Gasteiger partial charge in [-0.1, -0.05) is 30.4 Å². The Morgan fingerprint density at radius 1 is 1.05 bits per heavy atom. The molecular formula is C34H39N3O5. The molecule has 2 heterocycles. The summed E-state index contributed by atoms with van der Waals surface area (Å²) in [5.74, 6) is 2.62. The Morgan fingerprint density at radius 2 is 1.81 bits per heavy atom. The molecule has 1 aliphatic carbocycles. The Bertz CT molecular complexity index is 1380. The molecule has 1 saturated heterocycles. The minimum Gasteiger partial charge on any atom is -0.497 e. The molecule has 220 valence electrons. The monoisotopic (exact) mass is 569 g/mol. The molecule has 0 radical (unpaired) electrons. The van der Waals surface area contributed by atoms with Crippen molar-refractivity contribution in [2.45, 2.75) is 31.6 Å². The third-order valence-corrected chi connectivity index (χ3v) is 8.01. The van der Waals surface area contributed by atoms with E-state index in [4.69, 9.17) is 14.2 Å². The quantitative estimate of drug-likeness (QED) is 0.410. The van der Waals surface area contributed by atoms with Crippen molar-refractivity contribution in [1.82, 2.24) is 15.1 Å². The molecule has 0 atom stereocenters. The number of rotatable bonds is 11. The average Bonchev–Trinajstić information content (AvgIpc) is 3.04. The molecule has 0 bridgehead atoms. The second-order valence-corrected chi connectivity index (χ2v) is 10.8. The summed E-state index contributed by atoms with van der Waals surface area (Å²) in [4.78, 5) is 29.6. The summed E-state index contributed by atoms with van der Waals surface area (Å²) in [5.41, 5.74) is 3.84. The highest BCUT2D eigenvalue weighted by molar-refractivity contribution is 5.96. The highest BCUT2D eigenvalue weighted by Gasteiger charge is 2.25. The second kappa shape index (κ2) is 14.0. The Morgan fingerprint density at radius 3 is 2.55 bits per heavy atom. The number of methoxy groups -OCH3 is 2. The number of hydrogen-bond acceptors (Lipinski definition) is 7. The van der Waals surface area contributed by atoms with Crippen LogP contribution in [0, 0.1) is 0 Å². The van der Waals surface area contributed by atoms with Gasteiger partial charge in [0.1, 0.15) is 23.5 Å². The van der Waals surface area contributed by atoms with E-state index in [1.54, 1.807) is 32.6 Å². The van der Waals surface area contributed by atoms with Crippen molar-refractivity contribution < 1.29 is 23.8 Å². The van der Waals surface area contributed by atoms with Crippen molar-refractivity contribution in [2.75, 3.05) is 46.9 Å². The number of benzene rings is 2. The minimum atomic E-state index is -0.0325. The minimum absolute atomic E-state index is 0.0325. The second-order valence-electron chi connectivity index (χ2n) is 10.8. The lowest BCUT2D eigenvalue weighted by atomic mass is 9.86. The van der Waals surface area contributed by atoms with Crippen LogP contribution in [0.5, 0.6) is 11.5 Å². The third-order valence-electron chi connectivity index (χ3n) is 8.01. The average molecular weight is 570 g/mol. The summed E-state index contributed by atoms with van der Waals surface area (Å²) in [6.07, 6.45) is 14.0. The number of allylic oxidation sites excluding steroid dienone is 4. The number of ketones is 1. The van der Waals surface area contributed by atoms with Gasteiger partial charge in [0.15, 0.2) is 5.78 Å². The summed E-state index contributed by atoms with van der Waals surface area (Å²) in [6.45, 7) is 4.25. The predicted molar refractivity (Wildman–Crippen MR) is 162 cm³/mol. The first-order valence-corrected chi connectivity index (χ1v) is 14.5. The van der Waals surface area contributed by atoms with E-state index in [0.29, 0.717) is 25.3 Å². The van der Waals surface area contributed by atoms with Gasteiger partial charge in [0, 0.05) is 55.7 Å². The molecule has 2 aromatic rings. The normalized spacial score (nSPS) is 17.4. The van der Waals surface area contributed by atoms with E-state index in [9.17, 15) is 9.59 Å². The maximum absolute atomic E-state index is 13.2. The van der Waals surface area contributed by atoms with Crippen LogP contribution >= 0.6 is 0 Å². The van der Waals surface area contributed by atoms with E-state index in [0.717, 1.165) is 78.5 Å². The summed E-state index contributed by atoms with van der Waals surface area (Å²) in [6, 6.07) is 13.8. The molecule has 1 fully saturated rings. The summed E-state index contributed by atoms with van der Waals surface area (Å²) < 4.78 is 16.4. The van der Waals surface area contributed by atoms with Crippen LogP contribution in [0.3, 0.4) is 0 Å². The Kier molecular flexibility index (Phi) is 9.77. The van der Waals surface area contributed by atoms with Crippen LogP contribution in [0.25, 0.3) is 0 Å². The number of hydrogen-bond donors (Lipinski definition) is 1. The molecule has 0 unspecified atom stereocenters. The van der Waals surface area contributed by atoms with Crippen LogP contribution in [-0.4, -0.2) is 68.4 Å². The highest BCUT2D eigenvalue weighted by atomic mass is 16.5. The van der Waals surface area contributed by atoms with Crippen molar-refractivity contribution >= 4 is 11.7 Å². The smallest absolute Gasteiger partial charge is 0.251 e. The summed E-state index contributed by atoms with van der Waals surface area (Å²) >= 11 is 0. The lowest BCUT2D eigenvalue weighted by Gasteiger charge is -2.34. The van der Waals surface area contributed by atoms with E-state index in [-0.39, 0.29) is 11.7 Å². The summed E-state index contributed by atoms with van der Waals surface area (Å²) in [7, 11) is 3.27. The molecule has 1 amide bonds. The molecule has 5 rings (SSSR count). The zero-order chi connectivity index (χ0) is 29.3. The largest absolute Gasteiger partial charge is 0.497 e. The fourth-order valence-electron chi connectivity index (χ4n) is 5.66. The SMILES string of the molecule is COc1cc(CCNC(=O)c2ccccc2C2CCN(CCN3C=COC(C4=CC=CC(=O)C4)=C3)CC2)cc(OC)c1. The van der Waals surface area contributed by atoms with Gasteiger partial charge in [0.2, 0.25) is 0 Å². The van der Waals surface area contributed by atoms with Crippen molar-refractivity contribution in [3.8, 4) is 11.5 Å². The van der Waals surface area contributed by atoms with Crippen LogP contribution in [0.4, 0.5) is 0 Å². The van der Waals surface area contributed by atoms with Gasteiger partial charge in [0.25, 0.3) is 5.91 Å². The van der Waals surface area contributed by atoms with Crippen LogP contribution in [0.15, 0.2) is 90.7 Å². The number of piperidine rings is 1.